The average Bonchev–Trinajstić information content (AvgIpc) is 2.99. The molecular weight excluding hydrogens is 360 g/mol. The van der Waals surface area contributed by atoms with E-state index in [1.807, 2.05) is 0 Å². The van der Waals surface area contributed by atoms with E-state index in [1.165, 1.54) is 11.3 Å². The third kappa shape index (κ3) is 4.27. The number of nitrogens with one attached hydrogen (secondary N) is 2. The van der Waals surface area contributed by atoms with E-state index in [-0.39, 0.29) is 6.04 Å². The van der Waals surface area contributed by atoms with Gasteiger partial charge in [-0.25, -0.2) is 13.1 Å². The van der Waals surface area contributed by atoms with E-state index in [0.717, 1.165) is 50.1 Å². The lowest BCUT2D eigenvalue weighted by Gasteiger charge is -2.11. The van der Waals surface area contributed by atoms with Gasteiger partial charge >= 0.3 is 0 Å². The molecule has 0 amide bonds. The lowest BCUT2D eigenvalue weighted by atomic mass is 10.3. The Hall–Kier alpha value is 0.0500. The molecule has 0 aromatic carbocycles. The number of thiophene rings is 1. The van der Waals surface area contributed by atoms with Crippen molar-refractivity contribution in [3.63, 3.8) is 0 Å². The van der Waals surface area contributed by atoms with Gasteiger partial charge in [-0.3, -0.25) is 0 Å². The SMILES string of the molecule is CCCNCc1cc(S(=O)(=O)NC2CCCC2)c(Br)s1. The molecule has 1 aliphatic rings. The molecule has 0 radical (unpaired) electrons. The molecule has 0 saturated heterocycles. The van der Waals surface area contributed by atoms with E-state index in [0.29, 0.717) is 8.68 Å². The van der Waals surface area contributed by atoms with Crippen molar-refractivity contribution in [3.8, 4) is 0 Å². The average molecular weight is 381 g/mol. The van der Waals surface area contributed by atoms with Crippen LogP contribution >= 0.6 is 27.3 Å². The Morgan fingerprint density at radius 1 is 1.40 bits per heavy atom. The molecule has 2 N–H and O–H groups in total. The first-order chi connectivity index (χ1) is 9.53. The summed E-state index contributed by atoms with van der Waals surface area (Å²) in [7, 11) is -3.40. The molecule has 0 unspecified atom stereocenters. The van der Waals surface area contributed by atoms with Gasteiger partial charge in [0.15, 0.2) is 0 Å². The summed E-state index contributed by atoms with van der Waals surface area (Å²) in [4.78, 5) is 1.42. The van der Waals surface area contributed by atoms with Gasteiger partial charge in [-0.1, -0.05) is 19.8 Å². The Kier molecular flexibility index (Phi) is 6.04. The summed E-state index contributed by atoms with van der Waals surface area (Å²) in [6.45, 7) is 3.77. The maximum atomic E-state index is 12.4. The summed E-state index contributed by atoms with van der Waals surface area (Å²) in [6, 6.07) is 1.88. The lowest BCUT2D eigenvalue weighted by molar-refractivity contribution is 0.552. The highest BCUT2D eigenvalue weighted by Gasteiger charge is 2.26. The Balaban J connectivity index is 2.06. The summed E-state index contributed by atoms with van der Waals surface area (Å²) < 4.78 is 28.3. The van der Waals surface area contributed by atoms with Crippen LogP contribution in [-0.2, 0) is 16.6 Å². The van der Waals surface area contributed by atoms with Gasteiger partial charge in [-0.2, -0.15) is 0 Å². The molecule has 0 atom stereocenters. The molecule has 20 heavy (non-hydrogen) atoms. The van der Waals surface area contributed by atoms with E-state index >= 15 is 0 Å². The van der Waals surface area contributed by atoms with Crippen molar-refractivity contribution in [2.24, 2.45) is 0 Å². The summed E-state index contributed by atoms with van der Waals surface area (Å²) in [5.41, 5.74) is 0. The summed E-state index contributed by atoms with van der Waals surface area (Å²) in [5, 5.41) is 3.29. The quantitative estimate of drug-likeness (QED) is 0.713. The van der Waals surface area contributed by atoms with E-state index in [1.54, 1.807) is 6.07 Å². The Morgan fingerprint density at radius 3 is 2.75 bits per heavy atom. The van der Waals surface area contributed by atoms with Gasteiger partial charge in [-0.15, -0.1) is 11.3 Å². The van der Waals surface area contributed by atoms with Crippen LogP contribution in [0.2, 0.25) is 0 Å². The fourth-order valence-electron chi connectivity index (χ4n) is 2.38. The number of rotatable bonds is 7. The molecule has 0 bridgehead atoms. The summed E-state index contributed by atoms with van der Waals surface area (Å²) in [6.07, 6.45) is 5.20. The van der Waals surface area contributed by atoms with Crippen LogP contribution in [0, 0.1) is 0 Å². The molecule has 4 nitrogen and oxygen atoms in total. The van der Waals surface area contributed by atoms with Gasteiger partial charge < -0.3 is 5.32 Å². The second kappa shape index (κ2) is 7.35. The minimum absolute atomic E-state index is 0.105. The third-order valence-electron chi connectivity index (χ3n) is 3.40. The van der Waals surface area contributed by atoms with Gasteiger partial charge in [0.25, 0.3) is 0 Å². The molecule has 114 valence electrons. The standard InChI is InChI=1S/C13H21BrN2O2S2/c1-2-7-15-9-11-8-12(13(14)19-11)20(17,18)16-10-5-3-4-6-10/h8,10,15-16H,2-7,9H2,1H3. The third-order valence-corrected chi connectivity index (χ3v) is 7.17. The van der Waals surface area contributed by atoms with Crippen LogP contribution in [0.15, 0.2) is 14.7 Å². The molecule has 1 fully saturated rings. The number of hydrogen-bond acceptors (Lipinski definition) is 4. The maximum Gasteiger partial charge on any atom is 0.242 e. The van der Waals surface area contributed by atoms with Gasteiger partial charge in [-0.05, 0) is 47.8 Å². The van der Waals surface area contributed by atoms with Gasteiger partial charge in [0, 0.05) is 17.5 Å². The minimum atomic E-state index is -3.40. The molecule has 1 aromatic rings. The molecule has 2 rings (SSSR count). The lowest BCUT2D eigenvalue weighted by Crippen LogP contribution is -2.32. The van der Waals surface area contributed by atoms with E-state index in [9.17, 15) is 8.42 Å². The molecule has 7 heteroatoms. The van der Waals surface area contributed by atoms with E-state index in [2.05, 4.69) is 32.9 Å². The zero-order valence-corrected chi connectivity index (χ0v) is 14.8. The zero-order chi connectivity index (χ0) is 14.6. The second-order valence-electron chi connectivity index (χ2n) is 5.13. The predicted molar refractivity (Wildman–Crippen MR) is 86.6 cm³/mol. The summed E-state index contributed by atoms with van der Waals surface area (Å²) >= 11 is 4.87. The van der Waals surface area contributed by atoms with Crippen LogP contribution in [0.1, 0.15) is 43.9 Å². The minimum Gasteiger partial charge on any atom is -0.312 e. The fourth-order valence-corrected chi connectivity index (χ4v) is 6.34. The molecule has 1 heterocycles. The van der Waals surface area contributed by atoms with Crippen molar-refractivity contribution in [3.05, 3.63) is 14.7 Å². The van der Waals surface area contributed by atoms with Crippen LogP contribution in [-0.4, -0.2) is 21.0 Å². The van der Waals surface area contributed by atoms with Crippen molar-refractivity contribution in [1.82, 2.24) is 10.0 Å². The van der Waals surface area contributed by atoms with Crippen LogP contribution < -0.4 is 10.0 Å². The topological polar surface area (TPSA) is 58.2 Å². The van der Waals surface area contributed by atoms with Crippen LogP contribution in [0.25, 0.3) is 0 Å². The van der Waals surface area contributed by atoms with Crippen molar-refractivity contribution in [2.45, 2.75) is 56.5 Å². The van der Waals surface area contributed by atoms with Crippen LogP contribution in [0.3, 0.4) is 0 Å². The molecule has 0 aliphatic heterocycles. The smallest absolute Gasteiger partial charge is 0.242 e. The van der Waals surface area contributed by atoms with Gasteiger partial charge in [0.05, 0.1) is 3.79 Å². The Labute approximate surface area is 133 Å². The zero-order valence-electron chi connectivity index (χ0n) is 11.6. The molecule has 1 saturated carbocycles. The monoisotopic (exact) mass is 380 g/mol. The van der Waals surface area contributed by atoms with E-state index in [4.69, 9.17) is 0 Å². The number of sulfonamides is 1. The van der Waals surface area contributed by atoms with Crippen LogP contribution in [0.4, 0.5) is 0 Å². The molecule has 1 aromatic heterocycles. The summed E-state index contributed by atoms with van der Waals surface area (Å²) in [5.74, 6) is 0. The molecular formula is C13H21BrN2O2S2. The first-order valence-electron chi connectivity index (χ1n) is 7.04. The van der Waals surface area contributed by atoms with Crippen molar-refractivity contribution in [2.75, 3.05) is 6.54 Å². The number of halogens is 1. The highest BCUT2D eigenvalue weighted by molar-refractivity contribution is 9.11. The first kappa shape index (κ1) is 16.4. The van der Waals surface area contributed by atoms with Gasteiger partial charge in [0.1, 0.15) is 4.90 Å². The fraction of sp³-hybridized carbons (Fsp3) is 0.692. The maximum absolute atomic E-state index is 12.4. The van der Waals surface area contributed by atoms with Crippen molar-refractivity contribution in [1.29, 1.82) is 0 Å². The Morgan fingerprint density at radius 2 is 2.10 bits per heavy atom. The van der Waals surface area contributed by atoms with Gasteiger partial charge in [0.2, 0.25) is 10.0 Å². The molecule has 0 spiro atoms. The first-order valence-corrected chi connectivity index (χ1v) is 10.1. The molecule has 1 aliphatic carbocycles. The highest BCUT2D eigenvalue weighted by atomic mass is 79.9. The normalized spacial score (nSPS) is 16.9. The largest absolute Gasteiger partial charge is 0.312 e. The number of hydrogen-bond donors (Lipinski definition) is 2. The van der Waals surface area contributed by atoms with Crippen molar-refractivity contribution >= 4 is 37.3 Å². The van der Waals surface area contributed by atoms with Crippen molar-refractivity contribution < 1.29 is 8.42 Å². The predicted octanol–water partition coefficient (Wildman–Crippen LogP) is 3.23. The van der Waals surface area contributed by atoms with Crippen LogP contribution in [0.5, 0.6) is 0 Å². The van der Waals surface area contributed by atoms with E-state index < -0.39 is 10.0 Å². The highest BCUT2D eigenvalue weighted by Crippen LogP contribution is 2.32. The Bertz CT molecular complexity index is 537. The second-order valence-corrected chi connectivity index (χ2v) is 9.27.